The number of hydrogen-bond acceptors (Lipinski definition) is 2. The highest BCUT2D eigenvalue weighted by Gasteiger charge is 2.23. The van der Waals surface area contributed by atoms with Crippen LogP contribution in [0.2, 0.25) is 5.02 Å². The Morgan fingerprint density at radius 1 is 1.59 bits per heavy atom. The number of rotatable bonds is 4. The highest BCUT2D eigenvalue weighted by molar-refractivity contribution is 9.10. The fourth-order valence-electron chi connectivity index (χ4n) is 2.33. The molecule has 1 aromatic carbocycles. The molecule has 1 aliphatic heterocycles. The minimum absolute atomic E-state index is 0.282. The van der Waals surface area contributed by atoms with E-state index in [1.807, 2.05) is 25.2 Å². The van der Waals surface area contributed by atoms with Crippen molar-refractivity contribution in [3.05, 3.63) is 33.3 Å². The fourth-order valence-corrected chi connectivity index (χ4v) is 3.39. The molecule has 0 amide bonds. The van der Waals surface area contributed by atoms with E-state index in [0.29, 0.717) is 5.92 Å². The second kappa shape index (κ2) is 6.19. The molecular weight excluding hydrogens is 302 g/mol. The Hall–Kier alpha value is -0.0900. The Morgan fingerprint density at radius 3 is 3.00 bits per heavy atom. The van der Waals surface area contributed by atoms with Crippen LogP contribution in [0.4, 0.5) is 0 Å². The van der Waals surface area contributed by atoms with Gasteiger partial charge in [0, 0.05) is 34.3 Å². The zero-order chi connectivity index (χ0) is 12.3. The van der Waals surface area contributed by atoms with E-state index in [2.05, 4.69) is 21.2 Å². The van der Waals surface area contributed by atoms with Crippen LogP contribution in [0.3, 0.4) is 0 Å². The van der Waals surface area contributed by atoms with Gasteiger partial charge in [-0.25, -0.2) is 0 Å². The van der Waals surface area contributed by atoms with Crippen molar-refractivity contribution < 1.29 is 4.74 Å². The summed E-state index contributed by atoms with van der Waals surface area (Å²) in [6.45, 7) is 1.77. The van der Waals surface area contributed by atoms with E-state index in [4.69, 9.17) is 16.3 Å². The molecule has 0 saturated carbocycles. The molecule has 0 aliphatic carbocycles. The summed E-state index contributed by atoms with van der Waals surface area (Å²) in [6.07, 6.45) is 2.22. The Labute approximate surface area is 116 Å². The van der Waals surface area contributed by atoms with Gasteiger partial charge in [-0.15, -0.1) is 0 Å². The molecule has 94 valence electrons. The van der Waals surface area contributed by atoms with Crippen molar-refractivity contribution in [2.24, 2.45) is 5.92 Å². The zero-order valence-corrected chi connectivity index (χ0v) is 12.2. The highest BCUT2D eigenvalue weighted by Crippen LogP contribution is 2.35. The maximum atomic E-state index is 6.29. The number of benzene rings is 1. The molecule has 2 rings (SSSR count). The summed E-state index contributed by atoms with van der Waals surface area (Å²) in [5.74, 6) is 0.635. The van der Waals surface area contributed by atoms with Crippen LogP contribution in [-0.2, 0) is 4.74 Å². The first-order valence-corrected chi connectivity index (χ1v) is 7.08. The van der Waals surface area contributed by atoms with Gasteiger partial charge in [-0.1, -0.05) is 33.6 Å². The van der Waals surface area contributed by atoms with Crippen molar-refractivity contribution in [1.29, 1.82) is 0 Å². The van der Waals surface area contributed by atoms with E-state index in [0.717, 1.165) is 41.1 Å². The van der Waals surface area contributed by atoms with Gasteiger partial charge >= 0.3 is 0 Å². The minimum Gasteiger partial charge on any atom is -0.381 e. The summed E-state index contributed by atoms with van der Waals surface area (Å²) in [7, 11) is 1.98. The Morgan fingerprint density at radius 2 is 2.41 bits per heavy atom. The molecule has 0 spiro atoms. The van der Waals surface area contributed by atoms with Gasteiger partial charge in [0.1, 0.15) is 0 Å². The molecular formula is C13H17BrClNO. The maximum absolute atomic E-state index is 6.29. The lowest BCUT2D eigenvalue weighted by atomic mass is 9.94. The van der Waals surface area contributed by atoms with Crippen LogP contribution in [0.25, 0.3) is 0 Å². The first-order valence-electron chi connectivity index (χ1n) is 5.91. The van der Waals surface area contributed by atoms with E-state index in [1.165, 1.54) is 0 Å². The Balaban J connectivity index is 2.16. The van der Waals surface area contributed by atoms with Crippen molar-refractivity contribution in [1.82, 2.24) is 5.32 Å². The maximum Gasteiger partial charge on any atom is 0.0495 e. The third kappa shape index (κ3) is 3.22. The van der Waals surface area contributed by atoms with E-state index in [9.17, 15) is 0 Å². The molecule has 0 aromatic heterocycles. The molecule has 1 aliphatic rings. The van der Waals surface area contributed by atoms with Crippen molar-refractivity contribution in [3.8, 4) is 0 Å². The first-order chi connectivity index (χ1) is 8.22. The second-order valence-electron chi connectivity index (χ2n) is 4.44. The third-order valence-electron chi connectivity index (χ3n) is 3.29. The number of nitrogens with one attached hydrogen (secondary N) is 1. The number of ether oxygens (including phenoxy) is 1. The van der Waals surface area contributed by atoms with Crippen LogP contribution in [0.15, 0.2) is 22.7 Å². The van der Waals surface area contributed by atoms with Crippen molar-refractivity contribution in [2.75, 3.05) is 20.3 Å². The average Bonchev–Trinajstić information content (AvgIpc) is 2.80. The van der Waals surface area contributed by atoms with Gasteiger partial charge in [0.15, 0.2) is 0 Å². The predicted octanol–water partition coefficient (Wildman–Crippen LogP) is 3.79. The van der Waals surface area contributed by atoms with Gasteiger partial charge in [0.05, 0.1) is 0 Å². The molecule has 1 N–H and O–H groups in total. The molecule has 0 bridgehead atoms. The van der Waals surface area contributed by atoms with Crippen LogP contribution >= 0.6 is 27.5 Å². The standard InChI is InChI=1S/C13H17BrClNO/c1-16-12(7-9-5-6-17-8-9)13-10(14)3-2-4-11(13)15/h2-4,9,12,16H,5-8H2,1H3. The minimum atomic E-state index is 0.282. The van der Waals surface area contributed by atoms with Gasteiger partial charge in [0.25, 0.3) is 0 Å². The van der Waals surface area contributed by atoms with Crippen molar-refractivity contribution in [3.63, 3.8) is 0 Å². The van der Waals surface area contributed by atoms with Crippen LogP contribution in [0, 0.1) is 5.92 Å². The topological polar surface area (TPSA) is 21.3 Å². The molecule has 17 heavy (non-hydrogen) atoms. The van der Waals surface area contributed by atoms with E-state index in [1.54, 1.807) is 0 Å². The summed E-state index contributed by atoms with van der Waals surface area (Å²) in [4.78, 5) is 0. The molecule has 2 atom stereocenters. The van der Waals surface area contributed by atoms with E-state index < -0.39 is 0 Å². The molecule has 0 radical (unpaired) electrons. The van der Waals surface area contributed by atoms with Crippen molar-refractivity contribution >= 4 is 27.5 Å². The van der Waals surface area contributed by atoms with E-state index >= 15 is 0 Å². The molecule has 1 fully saturated rings. The molecule has 1 heterocycles. The summed E-state index contributed by atoms with van der Waals surface area (Å²) in [6, 6.07) is 6.22. The van der Waals surface area contributed by atoms with Gasteiger partial charge in [0.2, 0.25) is 0 Å². The van der Waals surface area contributed by atoms with Gasteiger partial charge in [-0.2, -0.15) is 0 Å². The predicted molar refractivity (Wildman–Crippen MR) is 74.5 cm³/mol. The summed E-state index contributed by atoms with van der Waals surface area (Å²) >= 11 is 9.87. The van der Waals surface area contributed by atoms with Crippen LogP contribution in [-0.4, -0.2) is 20.3 Å². The van der Waals surface area contributed by atoms with Crippen molar-refractivity contribution in [2.45, 2.75) is 18.9 Å². The number of hydrogen-bond donors (Lipinski definition) is 1. The molecule has 1 aromatic rings. The quantitative estimate of drug-likeness (QED) is 0.912. The Kier molecular flexibility index (Phi) is 4.86. The summed E-state index contributed by atoms with van der Waals surface area (Å²) < 4.78 is 6.50. The lowest BCUT2D eigenvalue weighted by Crippen LogP contribution is -2.21. The van der Waals surface area contributed by atoms with Gasteiger partial charge in [-0.3, -0.25) is 0 Å². The van der Waals surface area contributed by atoms with E-state index in [-0.39, 0.29) is 6.04 Å². The first kappa shape index (κ1) is 13.3. The van der Waals surface area contributed by atoms with Gasteiger partial charge in [-0.05, 0) is 37.9 Å². The van der Waals surface area contributed by atoms with Crippen LogP contribution in [0.1, 0.15) is 24.4 Å². The number of halogens is 2. The lowest BCUT2D eigenvalue weighted by Gasteiger charge is -2.22. The normalized spacial score (nSPS) is 21.7. The Bertz CT molecular complexity index is 359. The highest BCUT2D eigenvalue weighted by atomic mass is 79.9. The zero-order valence-electron chi connectivity index (χ0n) is 9.88. The summed E-state index contributed by atoms with van der Waals surface area (Å²) in [5, 5.41) is 4.17. The largest absolute Gasteiger partial charge is 0.381 e. The smallest absolute Gasteiger partial charge is 0.0495 e. The molecule has 1 saturated heterocycles. The summed E-state index contributed by atoms with van der Waals surface area (Å²) in [5.41, 5.74) is 1.16. The third-order valence-corrected chi connectivity index (χ3v) is 4.31. The monoisotopic (exact) mass is 317 g/mol. The average molecular weight is 319 g/mol. The molecule has 4 heteroatoms. The van der Waals surface area contributed by atoms with Gasteiger partial charge < -0.3 is 10.1 Å². The fraction of sp³-hybridized carbons (Fsp3) is 0.538. The second-order valence-corrected chi connectivity index (χ2v) is 5.70. The lowest BCUT2D eigenvalue weighted by molar-refractivity contribution is 0.181. The molecule has 2 unspecified atom stereocenters. The SMILES string of the molecule is CNC(CC1CCOC1)c1c(Cl)cccc1Br. The van der Waals surface area contributed by atoms with Crippen LogP contribution < -0.4 is 5.32 Å². The van der Waals surface area contributed by atoms with Crippen LogP contribution in [0.5, 0.6) is 0 Å². The molecule has 2 nitrogen and oxygen atoms in total.